The van der Waals surface area contributed by atoms with Crippen molar-refractivity contribution in [2.45, 2.75) is 59.0 Å². The number of allylic oxidation sites excluding steroid dienone is 2. The van der Waals surface area contributed by atoms with Crippen molar-refractivity contribution in [1.82, 2.24) is 5.32 Å². The Balaban J connectivity index is 2.08. The normalized spacial score (nSPS) is 23.1. The minimum absolute atomic E-state index is 0.0244. The molecule has 1 aliphatic carbocycles. The van der Waals surface area contributed by atoms with Gasteiger partial charge in [-0.1, -0.05) is 32.0 Å². The number of Topliss-reactive ketones (excluding diaryl/α,β-unsaturated/α-hetero) is 1. The number of ketones is 1. The highest BCUT2D eigenvalue weighted by Gasteiger charge is 2.41. The fourth-order valence-corrected chi connectivity index (χ4v) is 3.75. The number of hydrogen-bond acceptors (Lipinski definition) is 3. The minimum Gasteiger partial charge on any atom is -0.491 e. The summed E-state index contributed by atoms with van der Waals surface area (Å²) in [4.78, 5) is 25.1. The Morgan fingerprint density at radius 2 is 1.88 bits per heavy atom. The van der Waals surface area contributed by atoms with Gasteiger partial charge in [0.05, 0.1) is 6.10 Å². The first-order valence-electron chi connectivity index (χ1n) is 8.58. The zero-order chi connectivity index (χ0) is 17.5. The van der Waals surface area contributed by atoms with Crippen LogP contribution in [0.2, 0.25) is 0 Å². The molecule has 1 aromatic rings. The second kappa shape index (κ2) is 6.08. The molecule has 1 aromatic carbocycles. The van der Waals surface area contributed by atoms with E-state index in [9.17, 15) is 9.59 Å². The molecule has 1 N–H and O–H groups in total. The molecule has 1 heterocycles. The van der Waals surface area contributed by atoms with Gasteiger partial charge in [0.15, 0.2) is 5.78 Å². The van der Waals surface area contributed by atoms with Crippen molar-refractivity contribution < 1.29 is 14.3 Å². The van der Waals surface area contributed by atoms with Crippen molar-refractivity contribution in [3.8, 4) is 5.75 Å². The second-order valence-corrected chi connectivity index (χ2v) is 7.84. The lowest BCUT2D eigenvalue weighted by molar-refractivity contribution is -0.122. The molecule has 128 valence electrons. The number of nitrogens with one attached hydrogen (secondary N) is 1. The van der Waals surface area contributed by atoms with Crippen LogP contribution in [0.4, 0.5) is 0 Å². The van der Waals surface area contributed by atoms with Gasteiger partial charge in [0.25, 0.3) is 0 Å². The molecule has 0 radical (unpaired) electrons. The van der Waals surface area contributed by atoms with E-state index < -0.39 is 0 Å². The van der Waals surface area contributed by atoms with Crippen LogP contribution in [0.1, 0.15) is 58.4 Å². The largest absolute Gasteiger partial charge is 0.491 e. The number of para-hydroxylation sites is 1. The first-order chi connectivity index (χ1) is 11.3. The molecule has 0 bridgehead atoms. The van der Waals surface area contributed by atoms with Crippen LogP contribution in [-0.2, 0) is 9.59 Å². The average Bonchev–Trinajstić information content (AvgIpc) is 2.44. The van der Waals surface area contributed by atoms with Crippen LogP contribution in [0.15, 0.2) is 35.5 Å². The molecule has 0 fully saturated rings. The molecular formula is C20H25NO3. The van der Waals surface area contributed by atoms with Gasteiger partial charge in [-0.15, -0.1) is 0 Å². The SMILES string of the molecule is CC(C)Oc1ccccc1[C@H]1CC(=O)NC2=C1C(=O)CC(C)(C)C2. The van der Waals surface area contributed by atoms with Crippen molar-refractivity contribution in [3.05, 3.63) is 41.1 Å². The van der Waals surface area contributed by atoms with E-state index >= 15 is 0 Å². The number of carbonyl (C=O) groups is 2. The quantitative estimate of drug-likeness (QED) is 0.920. The van der Waals surface area contributed by atoms with Crippen molar-refractivity contribution in [3.63, 3.8) is 0 Å². The Labute approximate surface area is 143 Å². The molecule has 4 heteroatoms. The van der Waals surface area contributed by atoms with Crippen molar-refractivity contribution in [1.29, 1.82) is 0 Å². The van der Waals surface area contributed by atoms with E-state index in [1.807, 2.05) is 38.1 Å². The fourth-order valence-electron chi connectivity index (χ4n) is 3.75. The van der Waals surface area contributed by atoms with Gasteiger partial charge in [0.1, 0.15) is 5.75 Å². The van der Waals surface area contributed by atoms with Gasteiger partial charge in [-0.3, -0.25) is 9.59 Å². The second-order valence-electron chi connectivity index (χ2n) is 7.84. The van der Waals surface area contributed by atoms with Crippen LogP contribution in [0.5, 0.6) is 5.75 Å². The molecule has 1 aliphatic heterocycles. The molecule has 0 saturated heterocycles. The lowest BCUT2D eigenvalue weighted by Crippen LogP contribution is -2.40. The Morgan fingerprint density at radius 1 is 1.17 bits per heavy atom. The van der Waals surface area contributed by atoms with Gasteiger partial charge < -0.3 is 10.1 Å². The lowest BCUT2D eigenvalue weighted by atomic mass is 9.70. The summed E-state index contributed by atoms with van der Waals surface area (Å²) < 4.78 is 5.92. The summed E-state index contributed by atoms with van der Waals surface area (Å²) in [6.45, 7) is 8.09. The standard InChI is InChI=1S/C20H25NO3/c1-12(2)24-17-8-6-5-7-13(17)14-9-18(23)21-15-10-20(3,4)11-16(22)19(14)15/h5-8,12,14H,9-11H2,1-4H3,(H,21,23)/t14-/m1/s1. The van der Waals surface area contributed by atoms with E-state index in [4.69, 9.17) is 4.74 Å². The first kappa shape index (κ1) is 16.7. The summed E-state index contributed by atoms with van der Waals surface area (Å²) >= 11 is 0. The Hall–Kier alpha value is -2.10. The predicted octanol–water partition coefficient (Wildman–Crippen LogP) is 3.72. The van der Waals surface area contributed by atoms with Crippen molar-refractivity contribution in [2.24, 2.45) is 5.41 Å². The Kier molecular flexibility index (Phi) is 4.24. The molecule has 24 heavy (non-hydrogen) atoms. The smallest absolute Gasteiger partial charge is 0.225 e. The van der Waals surface area contributed by atoms with E-state index in [1.54, 1.807) is 0 Å². The number of rotatable bonds is 3. The molecule has 4 nitrogen and oxygen atoms in total. The van der Waals surface area contributed by atoms with Crippen LogP contribution in [-0.4, -0.2) is 17.8 Å². The molecule has 0 spiro atoms. The fraction of sp³-hybridized carbons (Fsp3) is 0.500. The van der Waals surface area contributed by atoms with E-state index in [2.05, 4.69) is 19.2 Å². The van der Waals surface area contributed by atoms with Gasteiger partial charge >= 0.3 is 0 Å². The summed E-state index contributed by atoms with van der Waals surface area (Å²) in [6, 6.07) is 7.75. The maximum Gasteiger partial charge on any atom is 0.225 e. The predicted molar refractivity (Wildman–Crippen MR) is 92.8 cm³/mol. The maximum atomic E-state index is 12.8. The van der Waals surface area contributed by atoms with Gasteiger partial charge in [-0.05, 0) is 31.7 Å². The number of carbonyl (C=O) groups excluding carboxylic acids is 2. The molecule has 0 aromatic heterocycles. The molecule has 1 amide bonds. The van der Waals surface area contributed by atoms with Crippen LogP contribution in [0.25, 0.3) is 0 Å². The topological polar surface area (TPSA) is 55.4 Å². The highest BCUT2D eigenvalue weighted by atomic mass is 16.5. The van der Waals surface area contributed by atoms with Crippen molar-refractivity contribution >= 4 is 11.7 Å². The monoisotopic (exact) mass is 327 g/mol. The van der Waals surface area contributed by atoms with Gasteiger partial charge in [-0.25, -0.2) is 0 Å². The summed E-state index contributed by atoms with van der Waals surface area (Å²) in [5.41, 5.74) is 2.39. The lowest BCUT2D eigenvalue weighted by Gasteiger charge is -2.38. The molecule has 2 aliphatic rings. The zero-order valence-corrected chi connectivity index (χ0v) is 14.8. The van der Waals surface area contributed by atoms with Gasteiger partial charge in [-0.2, -0.15) is 0 Å². The third kappa shape index (κ3) is 3.23. The third-order valence-corrected chi connectivity index (χ3v) is 4.61. The van der Waals surface area contributed by atoms with Crippen molar-refractivity contribution in [2.75, 3.05) is 0 Å². The highest BCUT2D eigenvalue weighted by Crippen LogP contribution is 2.45. The molecule has 0 unspecified atom stereocenters. The van der Waals surface area contributed by atoms with Gasteiger partial charge in [0.2, 0.25) is 5.91 Å². The Bertz CT molecular complexity index is 715. The molecule has 0 saturated carbocycles. The minimum atomic E-state index is -0.215. The van der Waals surface area contributed by atoms with E-state index in [-0.39, 0.29) is 29.1 Å². The zero-order valence-electron chi connectivity index (χ0n) is 14.8. The number of benzene rings is 1. The summed E-state index contributed by atoms with van der Waals surface area (Å²) in [6.07, 6.45) is 1.58. The number of hydrogen-bond donors (Lipinski definition) is 1. The summed E-state index contributed by atoms with van der Waals surface area (Å²) in [7, 11) is 0. The molecule has 3 rings (SSSR count). The Morgan fingerprint density at radius 3 is 2.58 bits per heavy atom. The summed E-state index contributed by atoms with van der Waals surface area (Å²) in [5, 5.41) is 2.94. The summed E-state index contributed by atoms with van der Waals surface area (Å²) in [5.74, 6) is 0.665. The van der Waals surface area contributed by atoms with Crippen LogP contribution in [0.3, 0.4) is 0 Å². The van der Waals surface area contributed by atoms with Crippen LogP contribution >= 0.6 is 0 Å². The molecule has 1 atom stereocenters. The first-order valence-corrected chi connectivity index (χ1v) is 8.58. The van der Waals surface area contributed by atoms with E-state index in [1.165, 1.54) is 0 Å². The number of amides is 1. The highest BCUT2D eigenvalue weighted by molar-refractivity contribution is 6.02. The van der Waals surface area contributed by atoms with E-state index in [0.717, 1.165) is 29.0 Å². The molecular weight excluding hydrogens is 302 g/mol. The van der Waals surface area contributed by atoms with E-state index in [0.29, 0.717) is 12.8 Å². The third-order valence-electron chi connectivity index (χ3n) is 4.61. The average molecular weight is 327 g/mol. The maximum absolute atomic E-state index is 12.8. The van der Waals surface area contributed by atoms with Crippen LogP contribution < -0.4 is 10.1 Å². The van der Waals surface area contributed by atoms with Gasteiger partial charge in [0, 0.05) is 35.6 Å². The van der Waals surface area contributed by atoms with Crippen LogP contribution in [0, 0.1) is 5.41 Å². The number of ether oxygens (including phenoxy) is 1.